The van der Waals surface area contributed by atoms with E-state index < -0.39 is 15.9 Å². The fourth-order valence-electron chi connectivity index (χ4n) is 3.64. The van der Waals surface area contributed by atoms with Gasteiger partial charge in [0.2, 0.25) is 5.91 Å². The van der Waals surface area contributed by atoms with Gasteiger partial charge in [0.1, 0.15) is 12.3 Å². The second kappa shape index (κ2) is 11.0. The standard InChI is InChI=1S/C26H30N2O4S/c1-4-20-15-16-21(5-2)22(17-20)18-27-26(29)19-28(24-13-9-10-14-25(24)32-3)33(30,31)23-11-7-6-8-12-23/h6-17H,4-5,18-19H2,1-3H3,(H,27,29). The summed E-state index contributed by atoms with van der Waals surface area (Å²) in [6.45, 7) is 4.12. The number of nitrogens with one attached hydrogen (secondary N) is 1. The van der Waals surface area contributed by atoms with Crippen molar-refractivity contribution in [3.05, 3.63) is 89.5 Å². The second-order valence-electron chi connectivity index (χ2n) is 7.58. The molecule has 0 fully saturated rings. The van der Waals surface area contributed by atoms with Crippen molar-refractivity contribution in [2.75, 3.05) is 18.0 Å². The van der Waals surface area contributed by atoms with Gasteiger partial charge in [-0.2, -0.15) is 0 Å². The van der Waals surface area contributed by atoms with Crippen LogP contribution >= 0.6 is 0 Å². The third-order valence-electron chi connectivity index (χ3n) is 5.51. The van der Waals surface area contributed by atoms with Crippen LogP contribution in [0.15, 0.2) is 77.7 Å². The van der Waals surface area contributed by atoms with Crippen molar-refractivity contribution in [2.45, 2.75) is 38.1 Å². The predicted molar refractivity (Wildman–Crippen MR) is 131 cm³/mol. The van der Waals surface area contributed by atoms with Gasteiger partial charge in [-0.05, 0) is 53.8 Å². The zero-order valence-electron chi connectivity index (χ0n) is 19.2. The van der Waals surface area contributed by atoms with E-state index >= 15 is 0 Å². The smallest absolute Gasteiger partial charge is 0.264 e. The number of hydrogen-bond acceptors (Lipinski definition) is 4. The van der Waals surface area contributed by atoms with E-state index in [2.05, 4.69) is 37.4 Å². The molecule has 0 bridgehead atoms. The molecular weight excluding hydrogens is 436 g/mol. The fraction of sp³-hybridized carbons (Fsp3) is 0.269. The lowest BCUT2D eigenvalue weighted by Gasteiger charge is -2.25. The summed E-state index contributed by atoms with van der Waals surface area (Å²) >= 11 is 0. The number of sulfonamides is 1. The Morgan fingerprint density at radius 1 is 0.909 bits per heavy atom. The summed E-state index contributed by atoms with van der Waals surface area (Å²) < 4.78 is 33.5. The first-order valence-electron chi connectivity index (χ1n) is 11.0. The number of hydrogen-bond donors (Lipinski definition) is 1. The summed E-state index contributed by atoms with van der Waals surface area (Å²) in [4.78, 5) is 13.1. The highest BCUT2D eigenvalue weighted by Gasteiger charge is 2.29. The van der Waals surface area contributed by atoms with Gasteiger partial charge in [-0.15, -0.1) is 0 Å². The number of benzene rings is 3. The molecule has 0 heterocycles. The third kappa shape index (κ3) is 5.73. The van der Waals surface area contributed by atoms with Crippen molar-refractivity contribution in [3.63, 3.8) is 0 Å². The van der Waals surface area contributed by atoms with Crippen molar-refractivity contribution in [2.24, 2.45) is 0 Å². The SMILES string of the molecule is CCc1ccc(CC)c(CNC(=O)CN(c2ccccc2OC)S(=O)(=O)c2ccccc2)c1. The highest BCUT2D eigenvalue weighted by molar-refractivity contribution is 7.92. The van der Waals surface area contributed by atoms with Gasteiger partial charge in [0, 0.05) is 6.54 Å². The molecule has 0 spiro atoms. The number of ether oxygens (including phenoxy) is 1. The first kappa shape index (κ1) is 24.3. The molecule has 0 aromatic heterocycles. The van der Waals surface area contributed by atoms with Gasteiger partial charge in [-0.25, -0.2) is 8.42 Å². The maximum Gasteiger partial charge on any atom is 0.264 e. The van der Waals surface area contributed by atoms with Crippen LogP contribution in [-0.4, -0.2) is 28.0 Å². The molecule has 3 aromatic carbocycles. The summed E-state index contributed by atoms with van der Waals surface area (Å²) in [5.74, 6) is -0.0295. The first-order valence-corrected chi connectivity index (χ1v) is 12.4. The lowest BCUT2D eigenvalue weighted by molar-refractivity contribution is -0.119. The number of para-hydroxylation sites is 2. The van der Waals surface area contributed by atoms with Crippen LogP contribution in [0.5, 0.6) is 5.75 Å². The zero-order valence-corrected chi connectivity index (χ0v) is 20.1. The molecule has 174 valence electrons. The Morgan fingerprint density at radius 2 is 1.61 bits per heavy atom. The molecule has 3 aromatic rings. The highest BCUT2D eigenvalue weighted by Crippen LogP contribution is 2.32. The summed E-state index contributed by atoms with van der Waals surface area (Å²) in [5.41, 5.74) is 3.70. The minimum atomic E-state index is -4.00. The number of carbonyl (C=O) groups excluding carboxylic acids is 1. The monoisotopic (exact) mass is 466 g/mol. The number of nitrogens with zero attached hydrogens (tertiary/aromatic N) is 1. The van der Waals surface area contributed by atoms with Crippen LogP contribution in [0.25, 0.3) is 0 Å². The minimum absolute atomic E-state index is 0.104. The van der Waals surface area contributed by atoms with E-state index in [9.17, 15) is 13.2 Å². The lowest BCUT2D eigenvalue weighted by Crippen LogP contribution is -2.41. The predicted octanol–water partition coefficient (Wildman–Crippen LogP) is 4.33. The van der Waals surface area contributed by atoms with E-state index in [1.165, 1.54) is 24.8 Å². The van der Waals surface area contributed by atoms with Crippen LogP contribution in [0.2, 0.25) is 0 Å². The minimum Gasteiger partial charge on any atom is -0.495 e. The highest BCUT2D eigenvalue weighted by atomic mass is 32.2. The zero-order chi connectivity index (χ0) is 23.8. The van der Waals surface area contributed by atoms with Gasteiger partial charge in [0.25, 0.3) is 10.0 Å². The van der Waals surface area contributed by atoms with Gasteiger partial charge >= 0.3 is 0 Å². The number of carbonyl (C=O) groups is 1. The Labute approximate surface area is 196 Å². The number of rotatable bonds is 10. The van der Waals surface area contributed by atoms with Crippen LogP contribution in [0.1, 0.15) is 30.5 Å². The molecular formula is C26H30N2O4S. The number of aryl methyl sites for hydroxylation is 2. The average Bonchev–Trinajstić information content (AvgIpc) is 2.86. The van der Waals surface area contributed by atoms with Crippen molar-refractivity contribution >= 4 is 21.6 Å². The summed E-state index contributed by atoms with van der Waals surface area (Å²) in [6.07, 6.45) is 1.76. The first-order chi connectivity index (χ1) is 15.9. The van der Waals surface area contributed by atoms with Gasteiger partial charge in [-0.1, -0.05) is 62.4 Å². The summed E-state index contributed by atoms with van der Waals surface area (Å²) in [5, 5.41) is 2.90. The number of amides is 1. The molecule has 0 radical (unpaired) electrons. The van der Waals surface area contributed by atoms with Crippen LogP contribution in [-0.2, 0) is 34.2 Å². The quantitative estimate of drug-likeness (QED) is 0.483. The van der Waals surface area contributed by atoms with E-state index in [1.807, 2.05) is 0 Å². The number of anilines is 1. The Balaban J connectivity index is 1.89. The van der Waals surface area contributed by atoms with Crippen molar-refractivity contribution in [1.29, 1.82) is 0 Å². The maximum absolute atomic E-state index is 13.5. The molecule has 6 nitrogen and oxygen atoms in total. The number of methoxy groups -OCH3 is 1. The topological polar surface area (TPSA) is 75.7 Å². The molecule has 3 rings (SSSR count). The molecule has 1 amide bonds. The molecule has 0 atom stereocenters. The van der Waals surface area contributed by atoms with E-state index in [0.717, 1.165) is 28.3 Å². The van der Waals surface area contributed by atoms with Crippen LogP contribution in [0, 0.1) is 0 Å². The van der Waals surface area contributed by atoms with Gasteiger partial charge < -0.3 is 10.1 Å². The molecule has 0 aliphatic rings. The van der Waals surface area contributed by atoms with E-state index in [-0.39, 0.29) is 11.4 Å². The normalized spacial score (nSPS) is 11.1. The molecule has 7 heteroatoms. The fourth-order valence-corrected chi connectivity index (χ4v) is 5.10. The molecule has 0 aliphatic carbocycles. The summed E-state index contributed by atoms with van der Waals surface area (Å²) in [6, 6.07) is 21.1. The van der Waals surface area contributed by atoms with E-state index in [1.54, 1.807) is 42.5 Å². The van der Waals surface area contributed by atoms with Crippen LogP contribution in [0.4, 0.5) is 5.69 Å². The molecule has 1 N–H and O–H groups in total. The van der Waals surface area contributed by atoms with Gasteiger partial charge in [0.15, 0.2) is 0 Å². The Bertz CT molecular complexity index is 1190. The van der Waals surface area contributed by atoms with Crippen molar-refractivity contribution < 1.29 is 17.9 Å². The Kier molecular flexibility index (Phi) is 8.11. The van der Waals surface area contributed by atoms with Crippen molar-refractivity contribution in [1.82, 2.24) is 5.32 Å². The Morgan fingerprint density at radius 3 is 2.27 bits per heavy atom. The summed E-state index contributed by atoms with van der Waals surface area (Å²) in [7, 11) is -2.52. The van der Waals surface area contributed by atoms with E-state index in [4.69, 9.17) is 4.74 Å². The van der Waals surface area contributed by atoms with Crippen molar-refractivity contribution in [3.8, 4) is 5.75 Å². The molecule has 33 heavy (non-hydrogen) atoms. The molecule has 0 saturated carbocycles. The molecule has 0 unspecified atom stereocenters. The largest absolute Gasteiger partial charge is 0.495 e. The molecule has 0 saturated heterocycles. The van der Waals surface area contributed by atoms with Gasteiger partial charge in [0.05, 0.1) is 17.7 Å². The van der Waals surface area contributed by atoms with Gasteiger partial charge in [-0.3, -0.25) is 9.10 Å². The van der Waals surface area contributed by atoms with Crippen LogP contribution < -0.4 is 14.4 Å². The second-order valence-corrected chi connectivity index (χ2v) is 9.45. The Hall–Kier alpha value is -3.32. The maximum atomic E-state index is 13.5. The lowest BCUT2D eigenvalue weighted by atomic mass is 10.0. The van der Waals surface area contributed by atoms with E-state index in [0.29, 0.717) is 18.0 Å². The average molecular weight is 467 g/mol. The van der Waals surface area contributed by atoms with Crippen LogP contribution in [0.3, 0.4) is 0 Å². The molecule has 0 aliphatic heterocycles. The third-order valence-corrected chi connectivity index (χ3v) is 7.28.